The van der Waals surface area contributed by atoms with Gasteiger partial charge in [-0.2, -0.15) is 0 Å². The number of carbonyl (C=O) groups is 1. The van der Waals surface area contributed by atoms with E-state index in [9.17, 15) is 4.79 Å². The molecule has 1 fully saturated rings. The number of fused-ring (bicyclic) bond motifs is 1. The third kappa shape index (κ3) is 3.83. The molecule has 0 bridgehead atoms. The van der Waals surface area contributed by atoms with E-state index >= 15 is 0 Å². The monoisotopic (exact) mass is 380 g/mol. The van der Waals surface area contributed by atoms with Crippen LogP contribution in [0.25, 0.3) is 10.2 Å². The van der Waals surface area contributed by atoms with Crippen LogP contribution in [0, 0.1) is 13.8 Å². The molecule has 1 saturated heterocycles. The number of aromatic nitrogens is 1. The average molecular weight is 381 g/mol. The van der Waals surface area contributed by atoms with Crippen molar-refractivity contribution in [2.45, 2.75) is 32.6 Å². The summed E-state index contributed by atoms with van der Waals surface area (Å²) >= 11 is 1.78. The number of thiazole rings is 1. The molecule has 5 heteroatoms. The van der Waals surface area contributed by atoms with Gasteiger partial charge in [-0.15, -0.1) is 11.3 Å². The van der Waals surface area contributed by atoms with Gasteiger partial charge in [0.1, 0.15) is 5.75 Å². The van der Waals surface area contributed by atoms with Crippen LogP contribution in [0.4, 0.5) is 0 Å². The number of benzene rings is 2. The number of aryl methyl sites for hydroxylation is 2. The van der Waals surface area contributed by atoms with E-state index in [2.05, 4.69) is 18.2 Å². The van der Waals surface area contributed by atoms with E-state index in [4.69, 9.17) is 9.72 Å². The van der Waals surface area contributed by atoms with Crippen LogP contribution in [0.3, 0.4) is 0 Å². The molecule has 27 heavy (non-hydrogen) atoms. The van der Waals surface area contributed by atoms with Crippen molar-refractivity contribution in [1.82, 2.24) is 9.88 Å². The molecule has 4 nitrogen and oxygen atoms in total. The number of piperidine rings is 1. The largest absolute Gasteiger partial charge is 0.483 e. The summed E-state index contributed by atoms with van der Waals surface area (Å²) < 4.78 is 7.08. The fourth-order valence-corrected chi connectivity index (χ4v) is 4.83. The highest BCUT2D eigenvalue weighted by atomic mass is 32.1. The van der Waals surface area contributed by atoms with Crippen LogP contribution in [0.1, 0.15) is 34.9 Å². The van der Waals surface area contributed by atoms with E-state index in [0.717, 1.165) is 48.3 Å². The quantitative estimate of drug-likeness (QED) is 0.659. The highest BCUT2D eigenvalue weighted by Crippen LogP contribution is 2.33. The number of nitrogens with zero attached hydrogens (tertiary/aromatic N) is 2. The minimum absolute atomic E-state index is 0.0698. The first-order valence-corrected chi connectivity index (χ1v) is 10.3. The number of amides is 1. The van der Waals surface area contributed by atoms with Crippen molar-refractivity contribution in [1.29, 1.82) is 0 Å². The fraction of sp³-hybridized carbons (Fsp3) is 0.364. The van der Waals surface area contributed by atoms with Crippen molar-refractivity contribution < 1.29 is 9.53 Å². The van der Waals surface area contributed by atoms with E-state index in [1.807, 2.05) is 43.0 Å². The van der Waals surface area contributed by atoms with Crippen LogP contribution < -0.4 is 4.74 Å². The molecule has 1 aliphatic heterocycles. The molecule has 0 spiro atoms. The highest BCUT2D eigenvalue weighted by Gasteiger charge is 2.26. The third-order valence-corrected chi connectivity index (χ3v) is 6.45. The zero-order chi connectivity index (χ0) is 18.8. The molecule has 4 rings (SSSR count). The summed E-state index contributed by atoms with van der Waals surface area (Å²) in [6, 6.07) is 14.3. The molecule has 0 unspecified atom stereocenters. The van der Waals surface area contributed by atoms with E-state index in [-0.39, 0.29) is 12.5 Å². The maximum Gasteiger partial charge on any atom is 0.260 e. The van der Waals surface area contributed by atoms with Crippen molar-refractivity contribution in [2.24, 2.45) is 0 Å². The lowest BCUT2D eigenvalue weighted by Crippen LogP contribution is -2.40. The molecule has 1 amide bonds. The maximum atomic E-state index is 12.6. The summed E-state index contributed by atoms with van der Waals surface area (Å²) in [5.41, 5.74) is 3.22. The molecule has 0 atom stereocenters. The number of hydrogen-bond donors (Lipinski definition) is 0. The number of carbonyl (C=O) groups excluding carboxylic acids is 1. The predicted molar refractivity (Wildman–Crippen MR) is 110 cm³/mol. The first-order valence-electron chi connectivity index (χ1n) is 9.44. The Morgan fingerprint density at radius 1 is 1.11 bits per heavy atom. The number of hydrogen-bond acceptors (Lipinski definition) is 4. The first-order chi connectivity index (χ1) is 13.1. The van der Waals surface area contributed by atoms with Gasteiger partial charge in [-0.1, -0.05) is 30.3 Å². The van der Waals surface area contributed by atoms with Gasteiger partial charge in [0, 0.05) is 19.0 Å². The summed E-state index contributed by atoms with van der Waals surface area (Å²) in [6.45, 7) is 5.68. The van der Waals surface area contributed by atoms with Crippen molar-refractivity contribution in [3.05, 3.63) is 58.6 Å². The zero-order valence-electron chi connectivity index (χ0n) is 15.8. The van der Waals surface area contributed by atoms with Crippen molar-refractivity contribution in [2.75, 3.05) is 19.7 Å². The molecule has 0 aliphatic carbocycles. The van der Waals surface area contributed by atoms with Gasteiger partial charge >= 0.3 is 0 Å². The average Bonchev–Trinajstić information content (AvgIpc) is 3.12. The van der Waals surface area contributed by atoms with Crippen LogP contribution in [0.15, 0.2) is 42.5 Å². The minimum atomic E-state index is 0.0698. The second-order valence-corrected chi connectivity index (χ2v) is 8.25. The number of likely N-dealkylation sites (tertiary alicyclic amines) is 1. The van der Waals surface area contributed by atoms with Crippen molar-refractivity contribution in [3.8, 4) is 5.75 Å². The van der Waals surface area contributed by atoms with Crippen molar-refractivity contribution in [3.63, 3.8) is 0 Å². The number of rotatable bonds is 4. The Balaban J connectivity index is 1.34. The molecule has 1 aliphatic rings. The summed E-state index contributed by atoms with van der Waals surface area (Å²) in [5, 5.41) is 1.20. The molecule has 1 aromatic heterocycles. The maximum absolute atomic E-state index is 12.6. The molecule has 2 aromatic carbocycles. The molecular weight excluding hydrogens is 356 g/mol. The van der Waals surface area contributed by atoms with E-state index < -0.39 is 0 Å². The van der Waals surface area contributed by atoms with Gasteiger partial charge in [-0.25, -0.2) is 4.98 Å². The van der Waals surface area contributed by atoms with E-state index in [1.54, 1.807) is 11.3 Å². The Labute approximate surface area is 163 Å². The molecule has 2 heterocycles. The molecule has 0 radical (unpaired) electrons. The van der Waals surface area contributed by atoms with Gasteiger partial charge in [-0.3, -0.25) is 4.79 Å². The Kier molecular flexibility index (Phi) is 5.12. The fourth-order valence-electron chi connectivity index (χ4n) is 3.69. The predicted octanol–water partition coefficient (Wildman–Crippen LogP) is 4.70. The van der Waals surface area contributed by atoms with Crippen LogP contribution >= 0.6 is 11.3 Å². The van der Waals surface area contributed by atoms with Gasteiger partial charge in [0.05, 0.1) is 15.2 Å². The minimum Gasteiger partial charge on any atom is -0.483 e. The van der Waals surface area contributed by atoms with Crippen LogP contribution in [0.2, 0.25) is 0 Å². The molecule has 3 aromatic rings. The van der Waals surface area contributed by atoms with Gasteiger partial charge in [-0.05, 0) is 49.9 Å². The van der Waals surface area contributed by atoms with Gasteiger partial charge < -0.3 is 9.64 Å². The number of para-hydroxylation sites is 2. The smallest absolute Gasteiger partial charge is 0.260 e. The van der Waals surface area contributed by atoms with Crippen LogP contribution in [-0.2, 0) is 4.79 Å². The highest BCUT2D eigenvalue weighted by molar-refractivity contribution is 7.18. The van der Waals surface area contributed by atoms with Crippen LogP contribution in [-0.4, -0.2) is 35.5 Å². The Morgan fingerprint density at radius 3 is 2.52 bits per heavy atom. The summed E-state index contributed by atoms with van der Waals surface area (Å²) in [4.78, 5) is 19.3. The summed E-state index contributed by atoms with van der Waals surface area (Å²) in [7, 11) is 0. The van der Waals surface area contributed by atoms with E-state index in [1.165, 1.54) is 9.71 Å². The Hall–Kier alpha value is -2.40. The third-order valence-electron chi connectivity index (χ3n) is 5.26. The van der Waals surface area contributed by atoms with Crippen LogP contribution in [0.5, 0.6) is 5.75 Å². The van der Waals surface area contributed by atoms with Gasteiger partial charge in [0.25, 0.3) is 5.91 Å². The normalized spacial score (nSPS) is 15.3. The van der Waals surface area contributed by atoms with Crippen molar-refractivity contribution >= 4 is 27.5 Å². The Morgan fingerprint density at radius 2 is 1.81 bits per heavy atom. The lowest BCUT2D eigenvalue weighted by Gasteiger charge is -2.31. The van der Waals surface area contributed by atoms with Gasteiger partial charge in [0.2, 0.25) is 0 Å². The summed E-state index contributed by atoms with van der Waals surface area (Å²) in [5.74, 6) is 1.35. The lowest BCUT2D eigenvalue weighted by molar-refractivity contribution is -0.134. The first kappa shape index (κ1) is 18.0. The second-order valence-electron chi connectivity index (χ2n) is 7.18. The second kappa shape index (κ2) is 7.69. The number of ether oxygens (including phenoxy) is 1. The topological polar surface area (TPSA) is 42.4 Å². The molecule has 0 N–H and O–H groups in total. The Bertz CT molecular complexity index is 905. The van der Waals surface area contributed by atoms with Gasteiger partial charge in [0.15, 0.2) is 6.61 Å². The standard InChI is InChI=1S/C22H24N2O2S/c1-15-6-5-7-16(2)21(15)26-14-20(25)24-12-10-17(11-13-24)22-23-18-8-3-4-9-19(18)27-22/h3-9,17H,10-14H2,1-2H3. The molecule has 140 valence electrons. The lowest BCUT2D eigenvalue weighted by atomic mass is 9.97. The zero-order valence-corrected chi connectivity index (χ0v) is 16.6. The van der Waals surface area contributed by atoms with E-state index in [0.29, 0.717) is 5.92 Å². The SMILES string of the molecule is Cc1cccc(C)c1OCC(=O)N1CCC(c2nc3ccccc3s2)CC1. The molecular formula is C22H24N2O2S. The summed E-state index contributed by atoms with van der Waals surface area (Å²) in [6.07, 6.45) is 1.93. The molecule has 0 saturated carbocycles.